The van der Waals surface area contributed by atoms with Gasteiger partial charge in [0.15, 0.2) is 11.5 Å². The Hall–Kier alpha value is -3.94. The van der Waals surface area contributed by atoms with Crippen molar-refractivity contribution in [3.63, 3.8) is 0 Å². The van der Waals surface area contributed by atoms with Crippen LogP contribution in [-0.4, -0.2) is 37.4 Å². The number of amides is 1. The Morgan fingerprint density at radius 3 is 2.37 bits per heavy atom. The van der Waals surface area contributed by atoms with Gasteiger partial charge in [0, 0.05) is 17.3 Å². The Morgan fingerprint density at radius 2 is 1.73 bits per heavy atom. The first-order valence-electron chi connectivity index (χ1n) is 9.26. The molecule has 3 N–H and O–H groups in total. The molecule has 3 aromatic rings. The normalized spacial score (nSPS) is 10.4. The molecule has 3 rings (SSSR count). The van der Waals surface area contributed by atoms with Gasteiger partial charge in [-0.3, -0.25) is 10.2 Å². The van der Waals surface area contributed by atoms with Gasteiger partial charge in [0.2, 0.25) is 0 Å². The molecular weight excluding hydrogens is 386 g/mol. The van der Waals surface area contributed by atoms with Gasteiger partial charge in [0.25, 0.3) is 5.91 Å². The highest BCUT2D eigenvalue weighted by molar-refractivity contribution is 6.04. The van der Waals surface area contributed by atoms with E-state index in [0.717, 1.165) is 5.56 Å². The van der Waals surface area contributed by atoms with Crippen molar-refractivity contribution in [2.75, 3.05) is 32.0 Å². The smallest absolute Gasteiger partial charge is 0.342 e. The van der Waals surface area contributed by atoms with E-state index in [0.29, 0.717) is 22.6 Å². The molecule has 0 atom stereocenters. The number of rotatable bonds is 7. The van der Waals surface area contributed by atoms with E-state index in [1.807, 2.05) is 30.3 Å². The van der Waals surface area contributed by atoms with Crippen molar-refractivity contribution < 1.29 is 23.8 Å². The largest absolute Gasteiger partial charge is 0.493 e. The Bertz CT molecular complexity index is 1060. The number of benzene rings is 2. The third-order valence-corrected chi connectivity index (χ3v) is 4.48. The Labute approximate surface area is 174 Å². The van der Waals surface area contributed by atoms with Crippen molar-refractivity contribution in [1.29, 1.82) is 0 Å². The standard InChI is InChI=1S/C22H23N3O5/c1-4-30-22(27)19-16(14-8-6-5-7-9-14)13-25(20(19)23)24-21(26)15-10-11-17(28-2)18(12-15)29-3/h5-13H,4,23H2,1-3H3,(H,24,26). The molecule has 0 aliphatic rings. The second-order valence-corrected chi connectivity index (χ2v) is 6.27. The van der Waals surface area contributed by atoms with Gasteiger partial charge in [0.05, 0.1) is 20.8 Å². The zero-order chi connectivity index (χ0) is 21.7. The maximum Gasteiger partial charge on any atom is 0.342 e. The highest BCUT2D eigenvalue weighted by atomic mass is 16.5. The van der Waals surface area contributed by atoms with Crippen molar-refractivity contribution in [2.24, 2.45) is 0 Å². The first-order valence-corrected chi connectivity index (χ1v) is 9.26. The fraction of sp³-hybridized carbons (Fsp3) is 0.182. The number of nitrogens with zero attached hydrogens (tertiary/aromatic N) is 1. The lowest BCUT2D eigenvalue weighted by molar-refractivity contribution is 0.0528. The number of hydrogen-bond donors (Lipinski definition) is 2. The van der Waals surface area contributed by atoms with Crippen LogP contribution in [0, 0.1) is 0 Å². The van der Waals surface area contributed by atoms with Crippen molar-refractivity contribution in [2.45, 2.75) is 6.92 Å². The van der Waals surface area contributed by atoms with Crippen LogP contribution in [-0.2, 0) is 4.74 Å². The lowest BCUT2D eigenvalue weighted by atomic mass is 10.0. The predicted molar refractivity (Wildman–Crippen MR) is 113 cm³/mol. The molecule has 156 valence electrons. The quantitative estimate of drug-likeness (QED) is 0.580. The van der Waals surface area contributed by atoms with Crippen LogP contribution in [0.1, 0.15) is 27.6 Å². The highest BCUT2D eigenvalue weighted by Gasteiger charge is 2.23. The zero-order valence-corrected chi connectivity index (χ0v) is 17.0. The molecule has 0 saturated carbocycles. The third-order valence-electron chi connectivity index (χ3n) is 4.48. The van der Waals surface area contributed by atoms with Crippen LogP contribution in [0.3, 0.4) is 0 Å². The van der Waals surface area contributed by atoms with Crippen LogP contribution in [0.5, 0.6) is 11.5 Å². The van der Waals surface area contributed by atoms with Gasteiger partial charge in [-0.25, -0.2) is 9.47 Å². The number of nitrogens with two attached hydrogens (primary N) is 1. The van der Waals surface area contributed by atoms with Crippen LogP contribution in [0.2, 0.25) is 0 Å². The van der Waals surface area contributed by atoms with Gasteiger partial charge in [0.1, 0.15) is 11.4 Å². The SMILES string of the molecule is CCOC(=O)c1c(-c2ccccc2)cn(NC(=O)c2ccc(OC)c(OC)c2)c1N. The van der Waals surface area contributed by atoms with E-state index < -0.39 is 11.9 Å². The van der Waals surface area contributed by atoms with Crippen molar-refractivity contribution >= 4 is 17.7 Å². The number of nitrogen functional groups attached to an aromatic ring is 1. The number of esters is 1. The van der Waals surface area contributed by atoms with E-state index >= 15 is 0 Å². The molecule has 0 saturated heterocycles. The molecule has 2 aromatic carbocycles. The molecule has 0 spiro atoms. The number of nitrogens with one attached hydrogen (secondary N) is 1. The maximum absolute atomic E-state index is 12.8. The maximum atomic E-state index is 12.8. The fourth-order valence-electron chi connectivity index (χ4n) is 3.02. The zero-order valence-electron chi connectivity index (χ0n) is 17.0. The number of carbonyl (C=O) groups is 2. The second-order valence-electron chi connectivity index (χ2n) is 6.27. The molecule has 0 bridgehead atoms. The van der Waals surface area contributed by atoms with E-state index in [4.69, 9.17) is 19.9 Å². The van der Waals surface area contributed by atoms with Crippen LogP contribution in [0.25, 0.3) is 11.1 Å². The van der Waals surface area contributed by atoms with Gasteiger partial charge < -0.3 is 19.9 Å². The fourth-order valence-corrected chi connectivity index (χ4v) is 3.02. The predicted octanol–water partition coefficient (Wildman–Crippen LogP) is 3.32. The van der Waals surface area contributed by atoms with Gasteiger partial charge >= 0.3 is 5.97 Å². The minimum absolute atomic E-state index is 0.0705. The molecule has 30 heavy (non-hydrogen) atoms. The van der Waals surface area contributed by atoms with Crippen LogP contribution in [0.4, 0.5) is 5.82 Å². The molecule has 8 heteroatoms. The molecule has 0 aliphatic carbocycles. The Balaban J connectivity index is 1.98. The second kappa shape index (κ2) is 9.04. The number of anilines is 1. The molecule has 0 fully saturated rings. The average molecular weight is 409 g/mol. The summed E-state index contributed by atoms with van der Waals surface area (Å²) in [6.07, 6.45) is 1.59. The summed E-state index contributed by atoms with van der Waals surface area (Å²) in [6.45, 7) is 1.92. The third kappa shape index (κ3) is 4.07. The molecule has 1 amide bonds. The summed E-state index contributed by atoms with van der Waals surface area (Å²) < 4.78 is 16.9. The van der Waals surface area contributed by atoms with E-state index in [1.165, 1.54) is 18.9 Å². The monoisotopic (exact) mass is 409 g/mol. The molecule has 8 nitrogen and oxygen atoms in total. The topological polar surface area (TPSA) is 105 Å². The minimum Gasteiger partial charge on any atom is -0.493 e. The molecule has 1 heterocycles. The lowest BCUT2D eigenvalue weighted by Crippen LogP contribution is -2.24. The molecule has 1 aromatic heterocycles. The van der Waals surface area contributed by atoms with Gasteiger partial charge in [-0.1, -0.05) is 30.3 Å². The van der Waals surface area contributed by atoms with Crippen LogP contribution >= 0.6 is 0 Å². The van der Waals surface area contributed by atoms with Crippen LogP contribution in [0.15, 0.2) is 54.7 Å². The average Bonchev–Trinajstić information content (AvgIpc) is 3.10. The summed E-state index contributed by atoms with van der Waals surface area (Å²) in [4.78, 5) is 25.3. The van der Waals surface area contributed by atoms with E-state index in [2.05, 4.69) is 5.43 Å². The number of hydrogen-bond acceptors (Lipinski definition) is 6. The summed E-state index contributed by atoms with van der Waals surface area (Å²) in [5.41, 5.74) is 10.7. The van der Waals surface area contributed by atoms with Crippen molar-refractivity contribution in [3.05, 3.63) is 65.9 Å². The highest BCUT2D eigenvalue weighted by Crippen LogP contribution is 2.31. The number of aromatic nitrogens is 1. The number of ether oxygens (including phenoxy) is 3. The summed E-state index contributed by atoms with van der Waals surface area (Å²) in [7, 11) is 3.00. The van der Waals surface area contributed by atoms with Gasteiger partial charge in [-0.15, -0.1) is 0 Å². The van der Waals surface area contributed by atoms with E-state index in [1.54, 1.807) is 31.3 Å². The Kier molecular flexibility index (Phi) is 6.26. The summed E-state index contributed by atoms with van der Waals surface area (Å²) in [6, 6.07) is 14.0. The number of carbonyl (C=O) groups excluding carboxylic acids is 2. The minimum atomic E-state index is -0.562. The molecular formula is C22H23N3O5. The summed E-state index contributed by atoms with van der Waals surface area (Å²) in [5.74, 6) is -0.00456. The lowest BCUT2D eigenvalue weighted by Gasteiger charge is -2.11. The Morgan fingerprint density at radius 1 is 1.03 bits per heavy atom. The summed E-state index contributed by atoms with van der Waals surface area (Å²) in [5, 5.41) is 0. The van der Waals surface area contributed by atoms with Crippen molar-refractivity contribution in [3.8, 4) is 22.6 Å². The first kappa shape index (κ1) is 20.8. The molecule has 0 radical (unpaired) electrons. The van der Waals surface area contributed by atoms with Gasteiger partial charge in [-0.05, 0) is 30.7 Å². The molecule has 0 aliphatic heterocycles. The van der Waals surface area contributed by atoms with Crippen LogP contribution < -0.4 is 20.6 Å². The summed E-state index contributed by atoms with van der Waals surface area (Å²) >= 11 is 0. The van der Waals surface area contributed by atoms with Crippen molar-refractivity contribution in [1.82, 2.24) is 4.68 Å². The van der Waals surface area contributed by atoms with E-state index in [9.17, 15) is 9.59 Å². The number of methoxy groups -OCH3 is 2. The van der Waals surface area contributed by atoms with Gasteiger partial charge in [-0.2, -0.15) is 0 Å². The first-order chi connectivity index (χ1) is 14.5. The molecule has 0 unspecified atom stereocenters. The van der Waals surface area contributed by atoms with E-state index in [-0.39, 0.29) is 18.0 Å².